The molecule has 0 aliphatic carbocycles. The van der Waals surface area contributed by atoms with E-state index >= 15 is 8.78 Å². The maximum absolute atomic E-state index is 16.9. The van der Waals surface area contributed by atoms with Crippen molar-refractivity contribution in [3.8, 4) is 22.6 Å². The number of nitrogens with one attached hydrogen (secondary N) is 2. The van der Waals surface area contributed by atoms with Gasteiger partial charge in [-0.05, 0) is 49.6 Å². The van der Waals surface area contributed by atoms with E-state index < -0.39 is 51.8 Å². The van der Waals surface area contributed by atoms with Gasteiger partial charge in [0.1, 0.15) is 29.1 Å². The fraction of sp³-hybridized carbons (Fsp3) is 0.300. The summed E-state index contributed by atoms with van der Waals surface area (Å²) >= 11 is 0. The lowest BCUT2D eigenvalue weighted by atomic mass is 9.96. The number of nitrogens with zero attached hydrogens (tertiary/aromatic N) is 3. The Labute approximate surface area is 233 Å². The van der Waals surface area contributed by atoms with Crippen molar-refractivity contribution in [2.24, 2.45) is 0 Å². The van der Waals surface area contributed by atoms with Crippen molar-refractivity contribution in [2.75, 3.05) is 23.3 Å². The molecule has 2 aliphatic heterocycles. The second-order valence-electron chi connectivity index (χ2n) is 10.9. The number of aryl methyl sites for hydroxylation is 1. The molecule has 4 heterocycles. The first kappa shape index (κ1) is 26.8. The van der Waals surface area contributed by atoms with Crippen LogP contribution in [0.15, 0.2) is 41.3 Å². The maximum atomic E-state index is 16.9. The molecule has 212 valence electrons. The maximum Gasteiger partial charge on any atom is 0.281 e. The van der Waals surface area contributed by atoms with Crippen molar-refractivity contribution in [2.45, 2.75) is 45.7 Å². The number of phenols is 1. The third-order valence-electron chi connectivity index (χ3n) is 7.84. The molecule has 11 heteroatoms. The monoisotopic (exact) mass is 563 g/mol. The second kappa shape index (κ2) is 9.62. The van der Waals surface area contributed by atoms with E-state index in [4.69, 9.17) is 0 Å². The van der Waals surface area contributed by atoms with Gasteiger partial charge in [-0.25, -0.2) is 13.2 Å². The number of piperazine rings is 1. The number of anilines is 2. The van der Waals surface area contributed by atoms with Crippen LogP contribution in [-0.4, -0.2) is 45.7 Å². The predicted molar refractivity (Wildman–Crippen MR) is 150 cm³/mol. The number of phenolic OH excluding ortho intramolecular Hbond substituents is 1. The van der Waals surface area contributed by atoms with Gasteiger partial charge in [-0.3, -0.25) is 19.1 Å². The van der Waals surface area contributed by atoms with Crippen molar-refractivity contribution in [3.05, 3.63) is 75.6 Å². The zero-order valence-corrected chi connectivity index (χ0v) is 22.8. The van der Waals surface area contributed by atoms with Crippen molar-refractivity contribution in [1.29, 1.82) is 0 Å². The van der Waals surface area contributed by atoms with Crippen molar-refractivity contribution in [1.82, 2.24) is 14.9 Å². The largest absolute Gasteiger partial charge is 0.507 e. The number of aromatic nitrogens is 2. The Morgan fingerprint density at radius 3 is 2.54 bits per heavy atom. The van der Waals surface area contributed by atoms with E-state index in [1.54, 1.807) is 24.1 Å². The molecule has 8 nitrogen and oxygen atoms in total. The van der Waals surface area contributed by atoms with Crippen LogP contribution in [0.3, 0.4) is 0 Å². The normalized spacial score (nSPS) is 18.4. The molecule has 0 bridgehead atoms. The summed E-state index contributed by atoms with van der Waals surface area (Å²) in [5.41, 5.74) is -1.09. The molecule has 0 saturated carbocycles. The van der Waals surface area contributed by atoms with Gasteiger partial charge in [-0.1, -0.05) is 19.9 Å². The summed E-state index contributed by atoms with van der Waals surface area (Å²) in [6.07, 6.45) is 1.58. The molecule has 0 spiro atoms. The fourth-order valence-corrected chi connectivity index (χ4v) is 5.95. The van der Waals surface area contributed by atoms with Crippen LogP contribution in [0.25, 0.3) is 27.7 Å². The summed E-state index contributed by atoms with van der Waals surface area (Å²) in [7, 11) is 0. The highest BCUT2D eigenvalue weighted by Crippen LogP contribution is 2.44. The van der Waals surface area contributed by atoms with E-state index in [0.717, 1.165) is 22.8 Å². The van der Waals surface area contributed by atoms with Gasteiger partial charge in [-0.2, -0.15) is 0 Å². The van der Waals surface area contributed by atoms with E-state index in [9.17, 15) is 19.1 Å². The first-order valence-corrected chi connectivity index (χ1v) is 13.4. The number of amides is 1. The Morgan fingerprint density at radius 2 is 1.83 bits per heavy atom. The van der Waals surface area contributed by atoms with E-state index in [1.165, 1.54) is 6.07 Å². The topological polar surface area (TPSA) is 99.5 Å². The number of benzene rings is 2. The SMILES string of the molecule is Cc1ccnc(C(C)C)c1-n1c(=O)c2c(c3cc(F)c(-c4c(O)cccc4F)c(F)c31)N1C[C@@H](C)NC[C@@H]1C(=O)N2. The van der Waals surface area contributed by atoms with E-state index in [2.05, 4.69) is 15.6 Å². The highest BCUT2D eigenvalue weighted by molar-refractivity contribution is 6.11. The number of carbonyl (C=O) groups is 1. The summed E-state index contributed by atoms with van der Waals surface area (Å²) in [6.45, 7) is 7.93. The summed E-state index contributed by atoms with van der Waals surface area (Å²) in [4.78, 5) is 33.7. The lowest BCUT2D eigenvalue weighted by Crippen LogP contribution is -2.62. The standard InChI is InChI=1S/C30H28F3N5O3/c1-13(2)24-26(14(3)8-9-34-24)38-27-16(10-18(32)22(23(27)33)21-17(31)6-5-7-20(21)39)28-25(30(38)41)36-29(40)19-11-35-15(4)12-37(19)28/h5-10,13,15,19,35,39H,11-12H2,1-4H3,(H,36,40)/t15-,19-/m1/s1. The van der Waals surface area contributed by atoms with Crippen LogP contribution in [-0.2, 0) is 4.79 Å². The number of hydrogen-bond acceptors (Lipinski definition) is 6. The van der Waals surface area contributed by atoms with Gasteiger partial charge in [0.15, 0.2) is 5.82 Å². The molecular formula is C30H28F3N5O3. The van der Waals surface area contributed by atoms with E-state index in [-0.39, 0.29) is 46.5 Å². The molecular weight excluding hydrogens is 535 g/mol. The van der Waals surface area contributed by atoms with Gasteiger partial charge < -0.3 is 20.6 Å². The van der Waals surface area contributed by atoms with Gasteiger partial charge in [0.2, 0.25) is 5.91 Å². The Morgan fingerprint density at radius 1 is 1.07 bits per heavy atom. The molecule has 1 saturated heterocycles. The molecule has 4 aromatic rings. The fourth-order valence-electron chi connectivity index (χ4n) is 5.95. The zero-order valence-electron chi connectivity index (χ0n) is 22.8. The minimum absolute atomic E-state index is 0.0197. The van der Waals surface area contributed by atoms with E-state index in [0.29, 0.717) is 17.8 Å². The summed E-state index contributed by atoms with van der Waals surface area (Å²) in [6, 6.07) is 5.24. The molecule has 6 rings (SSSR count). The number of carbonyl (C=O) groups excluding carboxylic acids is 1. The van der Waals surface area contributed by atoms with Crippen molar-refractivity contribution < 1.29 is 23.1 Å². The number of fused-ring (bicyclic) bond motifs is 5. The molecule has 0 radical (unpaired) electrons. The molecule has 0 unspecified atom stereocenters. The van der Waals surface area contributed by atoms with Gasteiger partial charge in [-0.15, -0.1) is 0 Å². The highest BCUT2D eigenvalue weighted by Gasteiger charge is 2.41. The molecule has 3 N–H and O–H groups in total. The van der Waals surface area contributed by atoms with Gasteiger partial charge in [0, 0.05) is 30.7 Å². The van der Waals surface area contributed by atoms with Crippen LogP contribution in [0.1, 0.15) is 37.9 Å². The Bertz CT molecular complexity index is 1800. The van der Waals surface area contributed by atoms with Crippen LogP contribution in [0.2, 0.25) is 0 Å². The Balaban J connectivity index is 1.84. The van der Waals surface area contributed by atoms with Crippen LogP contribution >= 0.6 is 0 Å². The summed E-state index contributed by atoms with van der Waals surface area (Å²) < 4.78 is 48.9. The molecule has 1 amide bonds. The number of aromatic hydroxyl groups is 1. The number of rotatable bonds is 3. The Kier molecular flexibility index (Phi) is 6.29. The lowest BCUT2D eigenvalue weighted by molar-refractivity contribution is -0.117. The minimum Gasteiger partial charge on any atom is -0.507 e. The number of halogens is 3. The van der Waals surface area contributed by atoms with Crippen molar-refractivity contribution >= 4 is 28.2 Å². The first-order chi connectivity index (χ1) is 19.5. The lowest BCUT2D eigenvalue weighted by Gasteiger charge is -2.44. The van der Waals surface area contributed by atoms with Gasteiger partial charge in [0.05, 0.1) is 33.7 Å². The van der Waals surface area contributed by atoms with Gasteiger partial charge >= 0.3 is 0 Å². The number of pyridine rings is 2. The first-order valence-electron chi connectivity index (χ1n) is 13.4. The predicted octanol–water partition coefficient (Wildman–Crippen LogP) is 4.73. The van der Waals surface area contributed by atoms with Crippen molar-refractivity contribution in [3.63, 3.8) is 0 Å². The molecule has 2 aliphatic rings. The third-order valence-corrected chi connectivity index (χ3v) is 7.84. The van der Waals surface area contributed by atoms with Crippen LogP contribution < -0.4 is 21.1 Å². The molecule has 2 aromatic heterocycles. The van der Waals surface area contributed by atoms with Crippen LogP contribution in [0.4, 0.5) is 24.5 Å². The van der Waals surface area contributed by atoms with E-state index in [1.807, 2.05) is 20.8 Å². The molecule has 1 fully saturated rings. The second-order valence-corrected chi connectivity index (χ2v) is 10.9. The van der Waals surface area contributed by atoms with Crippen LogP contribution in [0.5, 0.6) is 5.75 Å². The van der Waals surface area contributed by atoms with Crippen LogP contribution in [0, 0.1) is 24.4 Å². The molecule has 2 aromatic carbocycles. The quantitative estimate of drug-likeness (QED) is 0.334. The average molecular weight is 564 g/mol. The molecule has 2 atom stereocenters. The number of hydrogen-bond donors (Lipinski definition) is 3. The highest BCUT2D eigenvalue weighted by atomic mass is 19.1. The smallest absolute Gasteiger partial charge is 0.281 e. The third kappa shape index (κ3) is 3.98. The zero-order chi connectivity index (χ0) is 29.3. The minimum atomic E-state index is -1.23. The molecule has 41 heavy (non-hydrogen) atoms. The average Bonchev–Trinajstić information content (AvgIpc) is 2.91. The van der Waals surface area contributed by atoms with Gasteiger partial charge in [0.25, 0.3) is 5.56 Å². The Hall–Kier alpha value is -4.38. The summed E-state index contributed by atoms with van der Waals surface area (Å²) in [5, 5.41) is 16.4. The summed E-state index contributed by atoms with van der Waals surface area (Å²) in [5.74, 6) is -4.66.